The third kappa shape index (κ3) is 1.55. The third-order valence-corrected chi connectivity index (χ3v) is 2.02. The van der Waals surface area contributed by atoms with E-state index in [4.69, 9.17) is 11.6 Å². The molecule has 1 aromatic heterocycles. The first kappa shape index (κ1) is 8.26. The number of benzene rings is 1. The molecule has 0 aliphatic rings. The standard InChI is InChI=1S/C9H6ClFN2/c10-7-3-6(1-2-8(7)11)9-4-12-5-13-9/h1-5H,(H,12,13). The largest absolute Gasteiger partial charge is 0.345 e. The lowest BCUT2D eigenvalue weighted by atomic mass is 10.2. The van der Waals surface area contributed by atoms with Crippen LogP contribution in [0.1, 0.15) is 0 Å². The molecule has 1 N–H and O–H groups in total. The summed E-state index contributed by atoms with van der Waals surface area (Å²) in [6.45, 7) is 0. The molecule has 1 heterocycles. The van der Waals surface area contributed by atoms with E-state index in [2.05, 4.69) is 9.97 Å². The van der Waals surface area contributed by atoms with Gasteiger partial charge < -0.3 is 4.98 Å². The van der Waals surface area contributed by atoms with Crippen LogP contribution in [-0.4, -0.2) is 9.97 Å². The van der Waals surface area contributed by atoms with E-state index < -0.39 is 5.82 Å². The third-order valence-electron chi connectivity index (χ3n) is 1.73. The average Bonchev–Trinajstić information content (AvgIpc) is 2.62. The minimum absolute atomic E-state index is 0.118. The van der Waals surface area contributed by atoms with Crippen molar-refractivity contribution in [1.82, 2.24) is 9.97 Å². The summed E-state index contributed by atoms with van der Waals surface area (Å²) in [7, 11) is 0. The number of imidazole rings is 1. The number of rotatable bonds is 1. The number of H-pyrrole nitrogens is 1. The van der Waals surface area contributed by atoms with Crippen molar-refractivity contribution in [2.75, 3.05) is 0 Å². The van der Waals surface area contributed by atoms with Gasteiger partial charge in [-0.2, -0.15) is 0 Å². The summed E-state index contributed by atoms with van der Waals surface area (Å²) in [4.78, 5) is 6.77. The molecule has 1 aromatic carbocycles. The van der Waals surface area contributed by atoms with Gasteiger partial charge in [0.25, 0.3) is 0 Å². The maximum Gasteiger partial charge on any atom is 0.141 e. The van der Waals surface area contributed by atoms with E-state index in [-0.39, 0.29) is 5.02 Å². The quantitative estimate of drug-likeness (QED) is 0.747. The van der Waals surface area contributed by atoms with Gasteiger partial charge in [0.2, 0.25) is 0 Å². The summed E-state index contributed by atoms with van der Waals surface area (Å²) in [6.07, 6.45) is 3.22. The molecule has 0 aliphatic carbocycles. The molecule has 2 aromatic rings. The van der Waals surface area contributed by atoms with Crippen molar-refractivity contribution >= 4 is 11.6 Å². The van der Waals surface area contributed by atoms with Gasteiger partial charge in [0, 0.05) is 5.56 Å². The highest BCUT2D eigenvalue weighted by Crippen LogP contribution is 2.22. The van der Waals surface area contributed by atoms with Gasteiger partial charge in [-0.05, 0) is 18.2 Å². The highest BCUT2D eigenvalue weighted by molar-refractivity contribution is 6.31. The summed E-state index contributed by atoms with van der Waals surface area (Å²) in [5.41, 5.74) is 1.64. The van der Waals surface area contributed by atoms with Crippen molar-refractivity contribution in [2.24, 2.45) is 0 Å². The molecule has 0 saturated carbocycles. The maximum atomic E-state index is 12.8. The van der Waals surface area contributed by atoms with Gasteiger partial charge in [0.05, 0.1) is 23.2 Å². The van der Waals surface area contributed by atoms with E-state index >= 15 is 0 Å². The number of aromatic amines is 1. The van der Waals surface area contributed by atoms with E-state index in [9.17, 15) is 4.39 Å². The van der Waals surface area contributed by atoms with Crippen molar-refractivity contribution in [3.63, 3.8) is 0 Å². The average molecular weight is 197 g/mol. The first-order valence-corrected chi connectivity index (χ1v) is 4.09. The lowest BCUT2D eigenvalue weighted by molar-refractivity contribution is 0.628. The molecular formula is C9H6ClFN2. The molecule has 4 heteroatoms. The maximum absolute atomic E-state index is 12.8. The van der Waals surface area contributed by atoms with E-state index in [0.717, 1.165) is 11.3 Å². The highest BCUT2D eigenvalue weighted by Gasteiger charge is 2.03. The van der Waals surface area contributed by atoms with Crippen LogP contribution in [0.4, 0.5) is 4.39 Å². The Morgan fingerprint density at radius 1 is 1.38 bits per heavy atom. The topological polar surface area (TPSA) is 28.7 Å². The van der Waals surface area contributed by atoms with Crippen LogP contribution in [0.25, 0.3) is 11.3 Å². The van der Waals surface area contributed by atoms with Crippen LogP contribution in [0.3, 0.4) is 0 Å². The second kappa shape index (κ2) is 3.18. The highest BCUT2D eigenvalue weighted by atomic mass is 35.5. The first-order valence-electron chi connectivity index (χ1n) is 3.71. The molecule has 0 aliphatic heterocycles. The molecule has 2 nitrogen and oxygen atoms in total. The number of nitrogens with one attached hydrogen (secondary N) is 1. The molecule has 0 saturated heterocycles. The second-order valence-corrected chi connectivity index (χ2v) is 3.00. The van der Waals surface area contributed by atoms with Gasteiger partial charge in [-0.15, -0.1) is 0 Å². The lowest BCUT2D eigenvalue weighted by Gasteiger charge is -1.98. The Kier molecular flexibility index (Phi) is 2.02. The van der Waals surface area contributed by atoms with Crippen LogP contribution < -0.4 is 0 Å². The fourth-order valence-electron chi connectivity index (χ4n) is 1.08. The van der Waals surface area contributed by atoms with Crippen molar-refractivity contribution in [3.8, 4) is 11.3 Å². The molecular weight excluding hydrogens is 191 g/mol. The zero-order chi connectivity index (χ0) is 9.26. The van der Waals surface area contributed by atoms with E-state index in [1.165, 1.54) is 6.07 Å². The van der Waals surface area contributed by atoms with Crippen LogP contribution >= 0.6 is 11.6 Å². The molecule has 0 amide bonds. The summed E-state index contributed by atoms with van der Waals surface area (Å²) >= 11 is 5.62. The van der Waals surface area contributed by atoms with E-state index in [0.29, 0.717) is 0 Å². The lowest BCUT2D eigenvalue weighted by Crippen LogP contribution is -1.80. The molecule has 2 rings (SSSR count). The molecule has 0 atom stereocenters. The van der Waals surface area contributed by atoms with Crippen LogP contribution in [0, 0.1) is 5.82 Å². The number of hydrogen-bond acceptors (Lipinski definition) is 1. The smallest absolute Gasteiger partial charge is 0.141 e. The van der Waals surface area contributed by atoms with Crippen molar-refractivity contribution < 1.29 is 4.39 Å². The fraction of sp³-hybridized carbons (Fsp3) is 0. The Hall–Kier alpha value is -1.35. The van der Waals surface area contributed by atoms with Gasteiger partial charge in [-0.25, -0.2) is 9.37 Å². The predicted molar refractivity (Wildman–Crippen MR) is 49.0 cm³/mol. The molecule has 0 unspecified atom stereocenters. The molecule has 0 radical (unpaired) electrons. The fourth-order valence-corrected chi connectivity index (χ4v) is 1.26. The number of aromatic nitrogens is 2. The zero-order valence-electron chi connectivity index (χ0n) is 6.59. The van der Waals surface area contributed by atoms with Crippen molar-refractivity contribution in [3.05, 3.63) is 41.6 Å². The SMILES string of the molecule is Fc1ccc(-c2cnc[nH]2)cc1Cl. The Labute approximate surface area is 79.4 Å². The summed E-state index contributed by atoms with van der Waals surface area (Å²) in [5, 5.41) is 0.118. The second-order valence-electron chi connectivity index (χ2n) is 2.59. The van der Waals surface area contributed by atoms with Gasteiger partial charge in [-0.3, -0.25) is 0 Å². The summed E-state index contributed by atoms with van der Waals surface area (Å²) in [6, 6.07) is 4.54. The van der Waals surface area contributed by atoms with E-state index in [1.54, 1.807) is 24.7 Å². The number of nitrogens with zero attached hydrogens (tertiary/aromatic N) is 1. The number of halogens is 2. The van der Waals surface area contributed by atoms with Crippen LogP contribution in [-0.2, 0) is 0 Å². The minimum Gasteiger partial charge on any atom is -0.345 e. The predicted octanol–water partition coefficient (Wildman–Crippen LogP) is 2.87. The van der Waals surface area contributed by atoms with E-state index in [1.807, 2.05) is 0 Å². The van der Waals surface area contributed by atoms with Crippen LogP contribution in [0.2, 0.25) is 5.02 Å². The Balaban J connectivity index is 2.49. The Bertz CT molecular complexity index is 412. The Morgan fingerprint density at radius 3 is 2.85 bits per heavy atom. The van der Waals surface area contributed by atoms with Crippen LogP contribution in [0.15, 0.2) is 30.7 Å². The molecule has 0 fully saturated rings. The number of hydrogen-bond donors (Lipinski definition) is 1. The minimum atomic E-state index is -0.412. The monoisotopic (exact) mass is 196 g/mol. The molecule has 13 heavy (non-hydrogen) atoms. The normalized spacial score (nSPS) is 10.3. The molecule has 66 valence electrons. The van der Waals surface area contributed by atoms with Gasteiger partial charge in [0.1, 0.15) is 5.82 Å². The van der Waals surface area contributed by atoms with Gasteiger partial charge in [0.15, 0.2) is 0 Å². The van der Waals surface area contributed by atoms with Crippen molar-refractivity contribution in [2.45, 2.75) is 0 Å². The van der Waals surface area contributed by atoms with Crippen molar-refractivity contribution in [1.29, 1.82) is 0 Å². The van der Waals surface area contributed by atoms with Gasteiger partial charge in [-0.1, -0.05) is 11.6 Å². The van der Waals surface area contributed by atoms with Gasteiger partial charge >= 0.3 is 0 Å². The zero-order valence-corrected chi connectivity index (χ0v) is 7.35. The van der Waals surface area contributed by atoms with Crippen LogP contribution in [0.5, 0.6) is 0 Å². The first-order chi connectivity index (χ1) is 6.27. The molecule has 0 spiro atoms. The summed E-state index contributed by atoms with van der Waals surface area (Å²) in [5.74, 6) is -0.412. The Morgan fingerprint density at radius 2 is 2.23 bits per heavy atom. The summed E-state index contributed by atoms with van der Waals surface area (Å²) < 4.78 is 12.8. The molecule has 0 bridgehead atoms.